The topological polar surface area (TPSA) is 16.1 Å². The van der Waals surface area contributed by atoms with E-state index in [-0.39, 0.29) is 5.15 Å². The molecule has 0 bridgehead atoms. The van der Waals surface area contributed by atoms with Gasteiger partial charge in [0.2, 0.25) is 0 Å². The van der Waals surface area contributed by atoms with E-state index < -0.39 is 0 Å². The fourth-order valence-corrected chi connectivity index (χ4v) is 2.13. The molecule has 2 nitrogen and oxygen atoms in total. The van der Waals surface area contributed by atoms with Gasteiger partial charge in [-0.05, 0) is 12.3 Å². The maximum absolute atomic E-state index is 6.02. The van der Waals surface area contributed by atoms with E-state index in [0.29, 0.717) is 15.9 Å². The molecule has 0 aliphatic carbocycles. The van der Waals surface area contributed by atoms with Crippen LogP contribution in [-0.4, -0.2) is 30.6 Å². The SMILES string of the molecule is CSCCN(C)c1nc(Cl)c(Cl)cc1Cl. The zero-order valence-corrected chi connectivity index (χ0v) is 11.5. The van der Waals surface area contributed by atoms with Gasteiger partial charge < -0.3 is 4.90 Å². The summed E-state index contributed by atoms with van der Waals surface area (Å²) in [7, 11) is 1.93. The van der Waals surface area contributed by atoms with Crippen molar-refractivity contribution in [3.05, 3.63) is 21.3 Å². The van der Waals surface area contributed by atoms with Crippen LogP contribution in [0.1, 0.15) is 0 Å². The van der Waals surface area contributed by atoms with Crippen LogP contribution < -0.4 is 4.90 Å². The van der Waals surface area contributed by atoms with E-state index in [1.54, 1.807) is 17.8 Å². The number of rotatable bonds is 4. The van der Waals surface area contributed by atoms with Crippen molar-refractivity contribution in [2.45, 2.75) is 0 Å². The fraction of sp³-hybridized carbons (Fsp3) is 0.444. The number of nitrogens with zero attached hydrogens (tertiary/aromatic N) is 2. The van der Waals surface area contributed by atoms with Gasteiger partial charge in [0.1, 0.15) is 11.0 Å². The molecule has 0 radical (unpaired) electrons. The van der Waals surface area contributed by atoms with Gasteiger partial charge >= 0.3 is 0 Å². The van der Waals surface area contributed by atoms with Gasteiger partial charge in [-0.25, -0.2) is 4.98 Å². The second-order valence-electron chi connectivity index (χ2n) is 2.98. The largest absolute Gasteiger partial charge is 0.358 e. The minimum absolute atomic E-state index is 0.284. The lowest BCUT2D eigenvalue weighted by molar-refractivity contribution is 0.947. The highest BCUT2D eigenvalue weighted by atomic mass is 35.5. The summed E-state index contributed by atoms with van der Waals surface area (Å²) in [5.41, 5.74) is 0. The summed E-state index contributed by atoms with van der Waals surface area (Å²) in [5.74, 6) is 1.68. The predicted molar refractivity (Wildman–Crippen MR) is 70.9 cm³/mol. The number of hydrogen-bond donors (Lipinski definition) is 0. The molecule has 1 heterocycles. The van der Waals surface area contributed by atoms with Crippen molar-refractivity contribution in [2.24, 2.45) is 0 Å². The molecule has 0 atom stereocenters. The van der Waals surface area contributed by atoms with Gasteiger partial charge in [-0.15, -0.1) is 0 Å². The van der Waals surface area contributed by atoms with Gasteiger partial charge in [0.15, 0.2) is 0 Å². The summed E-state index contributed by atoms with van der Waals surface area (Å²) < 4.78 is 0. The summed E-state index contributed by atoms with van der Waals surface area (Å²) in [6, 6.07) is 1.61. The molecule has 0 unspecified atom stereocenters. The molecule has 84 valence electrons. The highest BCUT2D eigenvalue weighted by Crippen LogP contribution is 2.30. The van der Waals surface area contributed by atoms with Crippen LogP contribution in [0.2, 0.25) is 15.2 Å². The number of halogens is 3. The first-order chi connectivity index (χ1) is 7.06. The first-order valence-corrected chi connectivity index (χ1v) is 6.80. The van der Waals surface area contributed by atoms with Crippen LogP contribution in [0.15, 0.2) is 6.07 Å². The molecule has 0 spiro atoms. The second-order valence-corrected chi connectivity index (χ2v) is 5.14. The molecule has 0 saturated heterocycles. The number of anilines is 1. The predicted octanol–water partition coefficient (Wildman–Crippen LogP) is 3.84. The van der Waals surface area contributed by atoms with Crippen LogP contribution in [-0.2, 0) is 0 Å². The molecule has 0 aliphatic heterocycles. The van der Waals surface area contributed by atoms with E-state index in [9.17, 15) is 0 Å². The van der Waals surface area contributed by atoms with Gasteiger partial charge in [0.05, 0.1) is 10.0 Å². The molecule has 0 aliphatic rings. The smallest absolute Gasteiger partial charge is 0.150 e. The maximum atomic E-state index is 6.02. The van der Waals surface area contributed by atoms with Gasteiger partial charge in [-0.3, -0.25) is 0 Å². The molecule has 0 amide bonds. The van der Waals surface area contributed by atoms with Crippen molar-refractivity contribution < 1.29 is 0 Å². The second kappa shape index (κ2) is 6.04. The van der Waals surface area contributed by atoms with Crippen LogP contribution in [0.5, 0.6) is 0 Å². The van der Waals surface area contributed by atoms with Crippen molar-refractivity contribution in [1.82, 2.24) is 4.98 Å². The molecule has 1 aromatic heterocycles. The lowest BCUT2D eigenvalue weighted by Gasteiger charge is -2.19. The third-order valence-corrected chi connectivity index (χ3v) is 3.40. The molecular formula is C9H11Cl3N2S. The van der Waals surface area contributed by atoms with Gasteiger partial charge in [0, 0.05) is 19.3 Å². The van der Waals surface area contributed by atoms with E-state index in [2.05, 4.69) is 11.2 Å². The maximum Gasteiger partial charge on any atom is 0.150 e. The summed E-state index contributed by atoms with van der Waals surface area (Å²) in [6.07, 6.45) is 2.05. The van der Waals surface area contributed by atoms with Gasteiger partial charge in [0.25, 0.3) is 0 Å². The van der Waals surface area contributed by atoms with Crippen molar-refractivity contribution in [1.29, 1.82) is 0 Å². The molecule has 0 N–H and O–H groups in total. The molecule has 6 heteroatoms. The first kappa shape index (κ1) is 13.2. The average Bonchev–Trinajstić information content (AvgIpc) is 2.20. The quantitative estimate of drug-likeness (QED) is 0.782. The van der Waals surface area contributed by atoms with E-state index >= 15 is 0 Å². The van der Waals surface area contributed by atoms with Crippen LogP contribution in [0, 0.1) is 0 Å². The van der Waals surface area contributed by atoms with E-state index in [4.69, 9.17) is 34.8 Å². The average molecular weight is 286 g/mol. The Kier molecular flexibility index (Phi) is 5.33. The summed E-state index contributed by atoms with van der Waals surface area (Å²) in [4.78, 5) is 6.10. The third kappa shape index (κ3) is 3.59. The molecule has 15 heavy (non-hydrogen) atoms. The molecule has 0 fully saturated rings. The van der Waals surface area contributed by atoms with Gasteiger partial charge in [-0.1, -0.05) is 34.8 Å². The van der Waals surface area contributed by atoms with E-state index in [1.165, 1.54) is 0 Å². The van der Waals surface area contributed by atoms with E-state index in [0.717, 1.165) is 12.3 Å². The number of hydrogen-bond acceptors (Lipinski definition) is 3. The summed E-state index contributed by atoms with van der Waals surface area (Å²) in [6.45, 7) is 0.867. The fourth-order valence-electron chi connectivity index (χ4n) is 1.04. The van der Waals surface area contributed by atoms with Gasteiger partial charge in [-0.2, -0.15) is 11.8 Å². The van der Waals surface area contributed by atoms with Crippen LogP contribution in [0.4, 0.5) is 5.82 Å². The third-order valence-electron chi connectivity index (χ3n) is 1.86. The Morgan fingerprint density at radius 1 is 1.33 bits per heavy atom. The van der Waals surface area contributed by atoms with Crippen molar-refractivity contribution in [3.8, 4) is 0 Å². The Balaban J connectivity index is 2.88. The lowest BCUT2D eigenvalue weighted by Crippen LogP contribution is -2.21. The molecular weight excluding hydrogens is 275 g/mol. The Labute approximate surface area is 109 Å². The summed E-state index contributed by atoms with van der Waals surface area (Å²) >= 11 is 19.4. The zero-order chi connectivity index (χ0) is 11.4. The van der Waals surface area contributed by atoms with Crippen molar-refractivity contribution in [2.75, 3.05) is 30.5 Å². The minimum atomic E-state index is 0.284. The van der Waals surface area contributed by atoms with Crippen LogP contribution in [0.25, 0.3) is 0 Å². The lowest BCUT2D eigenvalue weighted by atomic mass is 10.4. The normalized spacial score (nSPS) is 10.5. The van der Waals surface area contributed by atoms with Crippen LogP contribution >= 0.6 is 46.6 Å². The molecule has 0 aromatic carbocycles. The monoisotopic (exact) mass is 284 g/mol. The Hall–Kier alpha value is 0.170. The standard InChI is InChI=1S/C9H11Cl3N2S/c1-14(3-4-15-2)9-7(11)5-6(10)8(12)13-9/h5H,3-4H2,1-2H3. The van der Waals surface area contributed by atoms with Crippen LogP contribution in [0.3, 0.4) is 0 Å². The molecule has 1 rings (SSSR count). The van der Waals surface area contributed by atoms with Crippen molar-refractivity contribution >= 4 is 52.4 Å². The molecule has 1 aromatic rings. The highest BCUT2D eigenvalue weighted by molar-refractivity contribution is 7.98. The Bertz CT molecular complexity index is 346. The minimum Gasteiger partial charge on any atom is -0.358 e. The van der Waals surface area contributed by atoms with E-state index in [1.807, 2.05) is 11.9 Å². The number of thioether (sulfide) groups is 1. The Morgan fingerprint density at radius 2 is 2.00 bits per heavy atom. The van der Waals surface area contributed by atoms with Crippen molar-refractivity contribution in [3.63, 3.8) is 0 Å². The number of pyridine rings is 1. The zero-order valence-electron chi connectivity index (χ0n) is 8.43. The molecule has 0 saturated carbocycles. The summed E-state index contributed by atoms with van der Waals surface area (Å²) in [5, 5.41) is 1.18. The first-order valence-electron chi connectivity index (χ1n) is 4.28. The number of aromatic nitrogens is 1. The highest BCUT2D eigenvalue weighted by Gasteiger charge is 2.11. The Morgan fingerprint density at radius 3 is 2.60 bits per heavy atom.